The number of carbonyl (C=O) groups is 1. The van der Waals surface area contributed by atoms with Gasteiger partial charge in [-0.2, -0.15) is 0 Å². The van der Waals surface area contributed by atoms with Gasteiger partial charge in [0, 0.05) is 17.9 Å². The molecular formula is C14H17NO2S. The van der Waals surface area contributed by atoms with E-state index in [9.17, 15) is 4.79 Å². The van der Waals surface area contributed by atoms with Crippen LogP contribution in [0.1, 0.15) is 23.0 Å². The fourth-order valence-corrected chi connectivity index (χ4v) is 2.75. The third-order valence-corrected chi connectivity index (χ3v) is 4.00. The normalized spacial score (nSPS) is 12.6. The van der Waals surface area contributed by atoms with Crippen molar-refractivity contribution in [3.8, 4) is 0 Å². The first-order valence-corrected chi connectivity index (χ1v) is 6.90. The van der Waals surface area contributed by atoms with Crippen LogP contribution in [0.25, 0.3) is 10.1 Å². The molecule has 0 saturated heterocycles. The summed E-state index contributed by atoms with van der Waals surface area (Å²) in [7, 11) is 0. The van der Waals surface area contributed by atoms with Crippen molar-refractivity contribution in [1.29, 1.82) is 0 Å². The van der Waals surface area contributed by atoms with Crippen LogP contribution in [-0.4, -0.2) is 24.2 Å². The molecule has 0 saturated carbocycles. The van der Waals surface area contributed by atoms with Gasteiger partial charge in [-0.25, -0.2) is 0 Å². The highest BCUT2D eigenvalue weighted by molar-refractivity contribution is 7.20. The van der Waals surface area contributed by atoms with E-state index in [0.717, 1.165) is 15.0 Å². The summed E-state index contributed by atoms with van der Waals surface area (Å²) in [6, 6.07) is 9.90. The summed E-state index contributed by atoms with van der Waals surface area (Å²) in [5.74, 6) is 0.273. The van der Waals surface area contributed by atoms with E-state index in [-0.39, 0.29) is 12.5 Å². The van der Waals surface area contributed by atoms with Crippen LogP contribution in [0.5, 0.6) is 0 Å². The van der Waals surface area contributed by atoms with Gasteiger partial charge in [0.2, 0.25) is 0 Å². The minimum atomic E-state index is -0.0269. The lowest BCUT2D eigenvalue weighted by Gasteiger charge is -2.09. The first kappa shape index (κ1) is 13.1. The van der Waals surface area contributed by atoms with Crippen LogP contribution in [0.4, 0.5) is 0 Å². The molecule has 1 amide bonds. The summed E-state index contributed by atoms with van der Waals surface area (Å²) in [5.41, 5.74) is 0. The van der Waals surface area contributed by atoms with Crippen molar-refractivity contribution in [2.24, 2.45) is 5.92 Å². The molecular weight excluding hydrogens is 246 g/mol. The molecule has 3 nitrogen and oxygen atoms in total. The second-order valence-corrected chi connectivity index (χ2v) is 5.56. The number of aliphatic hydroxyl groups is 1. The van der Waals surface area contributed by atoms with E-state index in [4.69, 9.17) is 5.11 Å². The van der Waals surface area contributed by atoms with Gasteiger partial charge in [-0.05, 0) is 29.9 Å². The molecule has 1 atom stereocenters. The Morgan fingerprint density at radius 2 is 2.22 bits per heavy atom. The summed E-state index contributed by atoms with van der Waals surface area (Å²) >= 11 is 1.51. The molecule has 0 bridgehead atoms. The maximum absolute atomic E-state index is 12.0. The molecule has 0 radical (unpaired) electrons. The van der Waals surface area contributed by atoms with Crippen molar-refractivity contribution in [3.05, 3.63) is 35.2 Å². The lowest BCUT2D eigenvalue weighted by atomic mass is 10.1. The van der Waals surface area contributed by atoms with Gasteiger partial charge in [0.25, 0.3) is 5.91 Å². The number of thiophene rings is 1. The molecule has 2 aromatic rings. The maximum atomic E-state index is 12.0. The van der Waals surface area contributed by atoms with E-state index in [1.54, 1.807) is 0 Å². The van der Waals surface area contributed by atoms with Crippen molar-refractivity contribution in [1.82, 2.24) is 5.32 Å². The summed E-state index contributed by atoms with van der Waals surface area (Å²) in [5, 5.41) is 12.8. The average Bonchev–Trinajstić information content (AvgIpc) is 2.80. The van der Waals surface area contributed by atoms with Crippen molar-refractivity contribution in [3.63, 3.8) is 0 Å². The largest absolute Gasteiger partial charge is 0.396 e. The standard InChI is InChI=1S/C14H17NO2S/c1-10(6-7-16)9-15-14(17)13-8-11-4-2-3-5-12(11)18-13/h2-5,8,10,16H,6-7,9H2,1H3,(H,15,17). The number of nitrogens with one attached hydrogen (secondary N) is 1. The molecule has 0 aliphatic heterocycles. The Balaban J connectivity index is 2.00. The van der Waals surface area contributed by atoms with Gasteiger partial charge in [-0.3, -0.25) is 4.79 Å². The quantitative estimate of drug-likeness (QED) is 0.871. The molecule has 1 heterocycles. The molecule has 0 aliphatic carbocycles. The fourth-order valence-electron chi connectivity index (χ4n) is 1.77. The van der Waals surface area contributed by atoms with E-state index in [2.05, 4.69) is 5.32 Å². The highest BCUT2D eigenvalue weighted by Gasteiger charge is 2.10. The number of carbonyl (C=O) groups excluding carboxylic acids is 1. The highest BCUT2D eigenvalue weighted by atomic mass is 32.1. The van der Waals surface area contributed by atoms with E-state index in [1.165, 1.54) is 11.3 Å². The van der Waals surface area contributed by atoms with E-state index < -0.39 is 0 Å². The van der Waals surface area contributed by atoms with Crippen LogP contribution in [-0.2, 0) is 0 Å². The van der Waals surface area contributed by atoms with Gasteiger partial charge >= 0.3 is 0 Å². The lowest BCUT2D eigenvalue weighted by Crippen LogP contribution is -2.27. The monoisotopic (exact) mass is 263 g/mol. The minimum absolute atomic E-state index is 0.0269. The Morgan fingerprint density at radius 3 is 2.94 bits per heavy atom. The van der Waals surface area contributed by atoms with Crippen LogP contribution in [0, 0.1) is 5.92 Å². The Kier molecular flexibility index (Phi) is 4.33. The van der Waals surface area contributed by atoms with Crippen LogP contribution >= 0.6 is 11.3 Å². The molecule has 1 unspecified atom stereocenters. The Bertz CT molecular complexity index is 502. The van der Waals surface area contributed by atoms with Gasteiger partial charge in [0.1, 0.15) is 0 Å². The SMILES string of the molecule is CC(CCO)CNC(=O)c1cc2ccccc2s1. The van der Waals surface area contributed by atoms with Crippen LogP contribution in [0.2, 0.25) is 0 Å². The summed E-state index contributed by atoms with van der Waals surface area (Å²) < 4.78 is 1.13. The molecule has 96 valence electrons. The molecule has 18 heavy (non-hydrogen) atoms. The summed E-state index contributed by atoms with van der Waals surface area (Å²) in [6.07, 6.45) is 0.715. The van der Waals surface area contributed by atoms with Crippen molar-refractivity contribution >= 4 is 27.3 Å². The van der Waals surface area contributed by atoms with Crippen molar-refractivity contribution < 1.29 is 9.90 Å². The molecule has 0 spiro atoms. The number of amides is 1. The van der Waals surface area contributed by atoms with Crippen LogP contribution in [0.15, 0.2) is 30.3 Å². The lowest BCUT2D eigenvalue weighted by molar-refractivity contribution is 0.0949. The van der Waals surface area contributed by atoms with Gasteiger partial charge in [0.05, 0.1) is 4.88 Å². The smallest absolute Gasteiger partial charge is 0.261 e. The van der Waals surface area contributed by atoms with Crippen molar-refractivity contribution in [2.75, 3.05) is 13.2 Å². The highest BCUT2D eigenvalue weighted by Crippen LogP contribution is 2.25. The Labute approximate surface area is 110 Å². The number of rotatable bonds is 5. The predicted octanol–water partition coefficient (Wildman–Crippen LogP) is 2.65. The van der Waals surface area contributed by atoms with Crippen molar-refractivity contribution in [2.45, 2.75) is 13.3 Å². The number of hydrogen-bond donors (Lipinski definition) is 2. The van der Waals surface area contributed by atoms with Gasteiger partial charge in [-0.1, -0.05) is 25.1 Å². The fraction of sp³-hybridized carbons (Fsp3) is 0.357. The molecule has 0 aliphatic rings. The third kappa shape index (κ3) is 3.09. The van der Waals surface area contributed by atoms with E-state index >= 15 is 0 Å². The molecule has 1 aromatic heterocycles. The molecule has 2 N–H and O–H groups in total. The number of fused-ring (bicyclic) bond motifs is 1. The summed E-state index contributed by atoms with van der Waals surface area (Å²) in [6.45, 7) is 2.79. The topological polar surface area (TPSA) is 49.3 Å². The first-order chi connectivity index (χ1) is 8.70. The van der Waals surface area contributed by atoms with E-state index in [0.29, 0.717) is 18.9 Å². The van der Waals surface area contributed by atoms with Gasteiger partial charge in [0.15, 0.2) is 0 Å². The average molecular weight is 263 g/mol. The second kappa shape index (κ2) is 5.98. The maximum Gasteiger partial charge on any atom is 0.261 e. The van der Waals surface area contributed by atoms with Gasteiger partial charge < -0.3 is 10.4 Å². The Hall–Kier alpha value is -1.39. The molecule has 1 aromatic carbocycles. The molecule has 2 rings (SSSR count). The zero-order chi connectivity index (χ0) is 13.0. The predicted molar refractivity (Wildman–Crippen MR) is 75.0 cm³/mol. The third-order valence-electron chi connectivity index (χ3n) is 2.88. The van der Waals surface area contributed by atoms with Crippen LogP contribution in [0.3, 0.4) is 0 Å². The number of aliphatic hydroxyl groups excluding tert-OH is 1. The zero-order valence-corrected chi connectivity index (χ0v) is 11.2. The van der Waals surface area contributed by atoms with Gasteiger partial charge in [-0.15, -0.1) is 11.3 Å². The second-order valence-electron chi connectivity index (χ2n) is 4.48. The summed E-state index contributed by atoms with van der Waals surface area (Å²) in [4.78, 5) is 12.7. The first-order valence-electron chi connectivity index (χ1n) is 6.08. The van der Waals surface area contributed by atoms with Crippen LogP contribution < -0.4 is 5.32 Å². The minimum Gasteiger partial charge on any atom is -0.396 e. The van der Waals surface area contributed by atoms with E-state index in [1.807, 2.05) is 37.3 Å². The Morgan fingerprint density at radius 1 is 1.44 bits per heavy atom. The number of benzene rings is 1. The zero-order valence-electron chi connectivity index (χ0n) is 10.3. The molecule has 4 heteroatoms. The number of hydrogen-bond acceptors (Lipinski definition) is 3. The molecule has 0 fully saturated rings.